The zero-order valence-electron chi connectivity index (χ0n) is 7.99. The number of amides is 2. The summed E-state index contributed by atoms with van der Waals surface area (Å²) in [4.78, 5) is 24.2. The van der Waals surface area contributed by atoms with E-state index >= 15 is 0 Å². The molecule has 1 aromatic carbocycles. The molecule has 0 radical (unpaired) electrons. The van der Waals surface area contributed by atoms with Crippen molar-refractivity contribution in [2.75, 3.05) is 0 Å². The molecule has 0 fully saturated rings. The lowest BCUT2D eigenvalue weighted by Gasteiger charge is -2.11. The van der Waals surface area contributed by atoms with Gasteiger partial charge in [0.05, 0.1) is 12.8 Å². The molecular weight excluding hydrogens is 177 g/mol. The first-order valence-electron chi connectivity index (χ1n) is 4.54. The van der Waals surface area contributed by atoms with Crippen LogP contribution in [0.1, 0.15) is 11.1 Å². The number of hydrogen-bond donors (Lipinski definition) is 0. The summed E-state index contributed by atoms with van der Waals surface area (Å²) in [6, 6.07) is 7.59. The zero-order chi connectivity index (χ0) is 10.1. The first kappa shape index (κ1) is 9.00. The van der Waals surface area contributed by atoms with Gasteiger partial charge in [-0.25, -0.2) is 0 Å². The van der Waals surface area contributed by atoms with Crippen LogP contribution in [0.4, 0.5) is 0 Å². The highest BCUT2D eigenvalue weighted by Crippen LogP contribution is 2.15. The van der Waals surface area contributed by atoms with Crippen molar-refractivity contribution >= 4 is 19.8 Å². The molecule has 2 rings (SSSR count). The Balaban J connectivity index is 2.44. The highest BCUT2D eigenvalue weighted by Gasteiger charge is 2.22. The number of rotatable bonds is 0. The van der Waals surface area contributed by atoms with Crippen LogP contribution in [0.15, 0.2) is 24.3 Å². The number of imide groups is 1. The van der Waals surface area contributed by atoms with E-state index in [0.717, 1.165) is 11.1 Å². The van der Waals surface area contributed by atoms with E-state index in [1.165, 1.54) is 12.8 Å². The molecule has 0 aliphatic carbocycles. The van der Waals surface area contributed by atoms with Crippen molar-refractivity contribution in [2.45, 2.75) is 12.8 Å². The fraction of sp³-hybridized carbons (Fsp3) is 0.200. The normalized spacial score (nSPS) is 16.4. The number of carbonyl (C=O) groups excluding carboxylic acids is 2. The maximum absolute atomic E-state index is 11.5. The third-order valence-corrected chi connectivity index (χ3v) is 2.55. The van der Waals surface area contributed by atoms with Gasteiger partial charge in [-0.15, -0.1) is 0 Å². The second kappa shape index (κ2) is 3.29. The molecule has 3 nitrogen and oxygen atoms in total. The van der Waals surface area contributed by atoms with Crippen molar-refractivity contribution in [3.63, 3.8) is 0 Å². The van der Waals surface area contributed by atoms with E-state index in [1.807, 2.05) is 24.3 Å². The summed E-state index contributed by atoms with van der Waals surface area (Å²) in [6.07, 6.45) is 0.664. The van der Waals surface area contributed by atoms with Gasteiger partial charge in [0.1, 0.15) is 0 Å². The maximum Gasteiger partial charge on any atom is 0.231 e. The molecular formula is C10H10BNO2. The van der Waals surface area contributed by atoms with E-state index in [-0.39, 0.29) is 11.8 Å². The lowest BCUT2D eigenvalue weighted by molar-refractivity contribution is -0.137. The monoisotopic (exact) mass is 187 g/mol. The van der Waals surface area contributed by atoms with Crippen molar-refractivity contribution < 1.29 is 9.59 Å². The number of carbonyl (C=O) groups is 2. The molecule has 0 N–H and O–H groups in total. The van der Waals surface area contributed by atoms with Crippen molar-refractivity contribution in [2.24, 2.45) is 0 Å². The van der Waals surface area contributed by atoms with Gasteiger partial charge in [0.25, 0.3) is 0 Å². The van der Waals surface area contributed by atoms with E-state index in [4.69, 9.17) is 0 Å². The Morgan fingerprint density at radius 3 is 1.86 bits per heavy atom. The lowest BCUT2D eigenvalue weighted by Crippen LogP contribution is -2.34. The van der Waals surface area contributed by atoms with Crippen LogP contribution in [0, 0.1) is 0 Å². The van der Waals surface area contributed by atoms with Gasteiger partial charge in [-0.05, 0) is 11.1 Å². The lowest BCUT2D eigenvalue weighted by atomic mass is 10.0. The largest absolute Gasteiger partial charge is 0.336 e. The van der Waals surface area contributed by atoms with Crippen LogP contribution in [-0.2, 0) is 22.4 Å². The molecule has 1 aliphatic rings. The molecule has 2 amide bonds. The topological polar surface area (TPSA) is 37.4 Å². The van der Waals surface area contributed by atoms with Crippen molar-refractivity contribution in [3.8, 4) is 0 Å². The van der Waals surface area contributed by atoms with Crippen LogP contribution in [0.3, 0.4) is 0 Å². The van der Waals surface area contributed by atoms with Crippen LogP contribution in [0.2, 0.25) is 0 Å². The second-order valence-corrected chi connectivity index (χ2v) is 3.47. The minimum Gasteiger partial charge on any atom is -0.336 e. The third-order valence-electron chi connectivity index (χ3n) is 2.55. The van der Waals surface area contributed by atoms with Crippen LogP contribution in [-0.4, -0.2) is 24.6 Å². The highest BCUT2D eigenvalue weighted by molar-refractivity contribution is 6.25. The average Bonchev–Trinajstić information content (AvgIpc) is 2.28. The van der Waals surface area contributed by atoms with Crippen LogP contribution in [0.25, 0.3) is 0 Å². The number of benzene rings is 1. The van der Waals surface area contributed by atoms with Crippen LogP contribution in [0.5, 0.6) is 0 Å². The molecule has 70 valence electrons. The fourth-order valence-corrected chi connectivity index (χ4v) is 1.60. The van der Waals surface area contributed by atoms with E-state index in [0.29, 0.717) is 12.8 Å². The predicted octanol–water partition coefficient (Wildman–Crippen LogP) is -0.312. The maximum atomic E-state index is 11.5. The first-order valence-corrected chi connectivity index (χ1v) is 4.54. The van der Waals surface area contributed by atoms with Gasteiger partial charge in [0, 0.05) is 0 Å². The van der Waals surface area contributed by atoms with E-state index < -0.39 is 0 Å². The molecule has 4 heteroatoms. The molecule has 0 saturated heterocycles. The summed E-state index contributed by atoms with van der Waals surface area (Å²) in [7, 11) is 1.54. The molecule has 0 aromatic heterocycles. The molecule has 1 aliphatic heterocycles. The highest BCUT2D eigenvalue weighted by atomic mass is 16.2. The number of hydrogen-bond acceptors (Lipinski definition) is 2. The second-order valence-electron chi connectivity index (χ2n) is 3.47. The molecule has 0 saturated carbocycles. The molecule has 1 aromatic rings. The van der Waals surface area contributed by atoms with Crippen molar-refractivity contribution in [1.82, 2.24) is 4.81 Å². The zero-order valence-corrected chi connectivity index (χ0v) is 7.99. The van der Waals surface area contributed by atoms with Crippen molar-refractivity contribution in [3.05, 3.63) is 35.4 Å². The van der Waals surface area contributed by atoms with Gasteiger partial charge in [0.2, 0.25) is 19.8 Å². The first-order chi connectivity index (χ1) is 6.68. The minimum atomic E-state index is -0.125. The summed E-state index contributed by atoms with van der Waals surface area (Å²) in [5.74, 6) is -0.250. The Hall–Kier alpha value is -1.58. The summed E-state index contributed by atoms with van der Waals surface area (Å²) in [6.45, 7) is 0. The summed E-state index contributed by atoms with van der Waals surface area (Å²) < 4.78 is 0. The SMILES string of the molecule is BN1C(=O)Cc2ccccc2CC1=O. The molecule has 0 bridgehead atoms. The van der Waals surface area contributed by atoms with Gasteiger partial charge in [-0.1, -0.05) is 24.3 Å². The minimum absolute atomic E-state index is 0.125. The molecule has 0 unspecified atom stereocenters. The van der Waals surface area contributed by atoms with Gasteiger partial charge < -0.3 is 4.81 Å². The third kappa shape index (κ3) is 1.43. The Labute approximate surface area is 83.1 Å². The van der Waals surface area contributed by atoms with E-state index in [1.54, 1.807) is 0 Å². The number of fused-ring (bicyclic) bond motifs is 1. The summed E-state index contributed by atoms with van der Waals surface area (Å²) >= 11 is 0. The summed E-state index contributed by atoms with van der Waals surface area (Å²) in [5.41, 5.74) is 1.94. The summed E-state index contributed by atoms with van der Waals surface area (Å²) in [5, 5.41) is 0. The van der Waals surface area contributed by atoms with E-state index in [2.05, 4.69) is 0 Å². The molecule has 1 heterocycles. The van der Waals surface area contributed by atoms with Gasteiger partial charge >= 0.3 is 0 Å². The smallest absolute Gasteiger partial charge is 0.231 e. The molecule has 0 atom stereocenters. The predicted molar refractivity (Wildman–Crippen MR) is 54.2 cm³/mol. The Kier molecular flexibility index (Phi) is 2.12. The van der Waals surface area contributed by atoms with Crippen LogP contribution < -0.4 is 0 Å². The fourth-order valence-electron chi connectivity index (χ4n) is 1.60. The molecule has 14 heavy (non-hydrogen) atoms. The Bertz CT molecular complexity index is 366. The van der Waals surface area contributed by atoms with Crippen molar-refractivity contribution in [1.29, 1.82) is 0 Å². The Morgan fingerprint density at radius 1 is 1.00 bits per heavy atom. The quantitative estimate of drug-likeness (QED) is 0.412. The van der Waals surface area contributed by atoms with Gasteiger partial charge in [0.15, 0.2) is 0 Å². The van der Waals surface area contributed by atoms with Crippen LogP contribution >= 0.6 is 0 Å². The standard InChI is InChI=1S/C10H10BNO2/c11-12-9(13)5-7-3-1-2-4-8(7)6-10(12)14/h1-4H,5-6,11H2. The average molecular weight is 187 g/mol. The number of nitrogens with zero attached hydrogens (tertiary/aromatic N) is 1. The Morgan fingerprint density at radius 2 is 1.43 bits per heavy atom. The van der Waals surface area contributed by atoms with E-state index in [9.17, 15) is 9.59 Å². The molecule has 0 spiro atoms. The van der Waals surface area contributed by atoms with Gasteiger partial charge in [-0.2, -0.15) is 0 Å². The van der Waals surface area contributed by atoms with Gasteiger partial charge in [-0.3, -0.25) is 9.59 Å².